The lowest BCUT2D eigenvalue weighted by molar-refractivity contribution is -0.118. The van der Waals surface area contributed by atoms with Crippen molar-refractivity contribution < 1.29 is 28.2 Å². The lowest BCUT2D eigenvalue weighted by Crippen LogP contribution is -2.30. The Balaban J connectivity index is 1.32. The van der Waals surface area contributed by atoms with Gasteiger partial charge >= 0.3 is 0 Å². The number of anilines is 2. The number of nitrogens with one attached hydrogen (secondary N) is 2. The molecule has 0 saturated carbocycles. The third kappa shape index (κ3) is 6.68. The van der Waals surface area contributed by atoms with Gasteiger partial charge in [0.2, 0.25) is 17.1 Å². The smallest absolute Gasteiger partial charge is 0.262 e. The molecule has 1 aliphatic heterocycles. The van der Waals surface area contributed by atoms with Crippen LogP contribution in [-0.2, 0) is 29.1 Å². The van der Waals surface area contributed by atoms with Crippen LogP contribution in [0.1, 0.15) is 23.8 Å². The van der Waals surface area contributed by atoms with Crippen molar-refractivity contribution in [1.29, 1.82) is 0 Å². The first-order chi connectivity index (χ1) is 17.8. The summed E-state index contributed by atoms with van der Waals surface area (Å²) < 4.78 is 21.8. The Morgan fingerprint density at radius 1 is 0.973 bits per heavy atom. The monoisotopic (exact) mass is 507 g/mol. The number of carbonyl (C=O) groups is 2. The molecule has 10 nitrogen and oxygen atoms in total. The van der Waals surface area contributed by atoms with Crippen LogP contribution < -0.4 is 30.3 Å². The predicted octanol–water partition coefficient (Wildman–Crippen LogP) is 3.19. The number of methoxy groups -OCH3 is 2. The first-order valence-corrected chi connectivity index (χ1v) is 11.7. The second-order valence-electron chi connectivity index (χ2n) is 8.61. The van der Waals surface area contributed by atoms with Crippen LogP contribution in [0.3, 0.4) is 0 Å². The minimum atomic E-state index is -0.456. The Labute approximate surface area is 214 Å². The predicted molar refractivity (Wildman–Crippen MR) is 137 cm³/mol. The van der Waals surface area contributed by atoms with Crippen molar-refractivity contribution in [3.8, 4) is 17.2 Å². The lowest BCUT2D eigenvalue weighted by Gasteiger charge is -2.29. The molecule has 10 heteroatoms. The fraction of sp³-hybridized carbons (Fsp3) is 0.296. The largest absolute Gasteiger partial charge is 0.493 e. The highest BCUT2D eigenvalue weighted by Crippen LogP contribution is 2.33. The van der Waals surface area contributed by atoms with Gasteiger partial charge in [-0.15, -0.1) is 0 Å². The van der Waals surface area contributed by atoms with Gasteiger partial charge in [0.15, 0.2) is 18.1 Å². The fourth-order valence-corrected chi connectivity index (χ4v) is 4.14. The number of amides is 2. The van der Waals surface area contributed by atoms with E-state index in [2.05, 4.69) is 15.5 Å². The van der Waals surface area contributed by atoms with Gasteiger partial charge in [-0.2, -0.15) is 0 Å². The highest BCUT2D eigenvalue weighted by atomic mass is 16.5. The number of rotatable bonds is 9. The van der Waals surface area contributed by atoms with Crippen molar-refractivity contribution in [3.63, 3.8) is 0 Å². The summed E-state index contributed by atoms with van der Waals surface area (Å²) in [5.74, 6) is 1.17. The summed E-state index contributed by atoms with van der Waals surface area (Å²) in [6.45, 7) is 2.96. The molecule has 3 aromatic rings. The number of nitrogens with zero attached hydrogens (tertiary/aromatic N) is 1. The zero-order chi connectivity index (χ0) is 26.4. The van der Waals surface area contributed by atoms with Gasteiger partial charge in [-0.3, -0.25) is 19.3 Å². The number of hydrogen-bond acceptors (Lipinski definition) is 8. The number of benzene rings is 2. The zero-order valence-corrected chi connectivity index (χ0v) is 21.0. The minimum absolute atomic E-state index is 0.0493. The van der Waals surface area contributed by atoms with E-state index in [9.17, 15) is 14.4 Å². The van der Waals surface area contributed by atoms with Crippen molar-refractivity contribution >= 4 is 23.2 Å². The Morgan fingerprint density at radius 3 is 2.35 bits per heavy atom. The van der Waals surface area contributed by atoms with Gasteiger partial charge in [0.05, 0.1) is 20.8 Å². The summed E-state index contributed by atoms with van der Waals surface area (Å²) in [7, 11) is 3.23. The minimum Gasteiger partial charge on any atom is -0.493 e. The maximum Gasteiger partial charge on any atom is 0.262 e. The Hall–Kier alpha value is -4.31. The van der Waals surface area contributed by atoms with Crippen molar-refractivity contribution in [3.05, 3.63) is 75.8 Å². The van der Waals surface area contributed by atoms with Crippen LogP contribution in [0, 0.1) is 0 Å². The van der Waals surface area contributed by atoms with E-state index < -0.39 is 5.91 Å². The third-order valence-corrected chi connectivity index (χ3v) is 5.85. The van der Waals surface area contributed by atoms with Gasteiger partial charge in [-0.1, -0.05) is 6.07 Å². The summed E-state index contributed by atoms with van der Waals surface area (Å²) in [5.41, 5.74) is 3.02. The van der Waals surface area contributed by atoms with Crippen molar-refractivity contribution in [2.45, 2.75) is 26.4 Å². The number of ether oxygens (including phenoxy) is 3. The molecule has 2 aromatic carbocycles. The molecule has 2 N–H and O–H groups in total. The normalized spacial score (nSPS) is 12.8. The number of carbonyl (C=O) groups excluding carboxylic acids is 2. The maximum atomic E-state index is 12.5. The van der Waals surface area contributed by atoms with Gasteiger partial charge in [0.25, 0.3) is 5.91 Å². The molecular formula is C27H29N3O7. The molecule has 0 bridgehead atoms. The van der Waals surface area contributed by atoms with Gasteiger partial charge in [-0.05, 0) is 47.9 Å². The summed E-state index contributed by atoms with van der Waals surface area (Å²) in [5, 5.41) is 5.31. The molecule has 0 fully saturated rings. The van der Waals surface area contributed by atoms with Crippen LogP contribution in [-0.4, -0.2) is 44.1 Å². The van der Waals surface area contributed by atoms with E-state index in [-0.39, 0.29) is 23.7 Å². The summed E-state index contributed by atoms with van der Waals surface area (Å²) >= 11 is 0. The number of hydrogen-bond donors (Lipinski definition) is 2. The topological polar surface area (TPSA) is 119 Å². The first kappa shape index (κ1) is 25.8. The summed E-state index contributed by atoms with van der Waals surface area (Å²) in [6.07, 6.45) is 2.07. The molecule has 194 valence electrons. The molecule has 2 amide bonds. The molecule has 0 aliphatic carbocycles. The molecule has 4 rings (SSSR count). The molecule has 0 atom stereocenters. The Kier molecular flexibility index (Phi) is 8.09. The van der Waals surface area contributed by atoms with Gasteiger partial charge in [0.1, 0.15) is 12.0 Å². The van der Waals surface area contributed by atoms with E-state index in [0.717, 1.165) is 18.5 Å². The van der Waals surface area contributed by atoms with E-state index >= 15 is 0 Å². The van der Waals surface area contributed by atoms with Gasteiger partial charge < -0.3 is 29.3 Å². The van der Waals surface area contributed by atoms with E-state index in [4.69, 9.17) is 18.6 Å². The number of fused-ring (bicyclic) bond motifs is 1. The van der Waals surface area contributed by atoms with Crippen LogP contribution in [0.2, 0.25) is 0 Å². The average molecular weight is 508 g/mol. The maximum absolute atomic E-state index is 12.5. The van der Waals surface area contributed by atoms with Crippen molar-refractivity contribution in [2.75, 3.05) is 38.0 Å². The molecule has 0 saturated heterocycles. The summed E-state index contributed by atoms with van der Waals surface area (Å²) in [4.78, 5) is 38.2. The Morgan fingerprint density at radius 2 is 1.68 bits per heavy atom. The molecule has 0 unspecified atom stereocenters. The second kappa shape index (κ2) is 11.6. The molecular weight excluding hydrogens is 478 g/mol. The Bertz CT molecular complexity index is 1350. The molecule has 0 radical (unpaired) electrons. The van der Waals surface area contributed by atoms with Crippen LogP contribution in [0.25, 0.3) is 0 Å². The molecule has 1 aromatic heterocycles. The summed E-state index contributed by atoms with van der Waals surface area (Å²) in [6, 6.07) is 12.1. The average Bonchev–Trinajstić information content (AvgIpc) is 2.87. The molecule has 2 heterocycles. The molecule has 0 spiro atoms. The van der Waals surface area contributed by atoms with Crippen molar-refractivity contribution in [1.82, 2.24) is 4.90 Å². The van der Waals surface area contributed by atoms with Gasteiger partial charge in [-0.25, -0.2) is 0 Å². The van der Waals surface area contributed by atoms with Crippen molar-refractivity contribution in [2.24, 2.45) is 0 Å². The second-order valence-corrected chi connectivity index (χ2v) is 8.61. The first-order valence-electron chi connectivity index (χ1n) is 11.7. The van der Waals surface area contributed by atoms with E-state index in [1.165, 1.54) is 24.8 Å². The van der Waals surface area contributed by atoms with E-state index in [1.54, 1.807) is 38.5 Å². The highest BCUT2D eigenvalue weighted by Gasteiger charge is 2.20. The van der Waals surface area contributed by atoms with Crippen LogP contribution in [0.4, 0.5) is 11.4 Å². The lowest BCUT2D eigenvalue weighted by atomic mass is 9.98. The standard InChI is InChI=1S/C27H29N3O7/c1-17(31)28-20-5-4-6-21(11-20)29-27(33)16-37-26-15-36-22(12-23(26)32)14-30-8-7-18-9-24(34-2)25(35-3)10-19(18)13-30/h4-6,9-12,15H,7-8,13-14,16H2,1-3H3,(H,28,31)(H,29,33). The zero-order valence-electron chi connectivity index (χ0n) is 21.0. The third-order valence-electron chi connectivity index (χ3n) is 5.85. The van der Waals surface area contributed by atoms with E-state index in [0.29, 0.717) is 41.7 Å². The van der Waals surface area contributed by atoms with Gasteiger partial charge in [0, 0.05) is 37.5 Å². The fourth-order valence-electron chi connectivity index (χ4n) is 4.14. The SMILES string of the molecule is COc1cc2c(cc1OC)CN(Cc1cc(=O)c(OCC(=O)Nc3cccc(NC(C)=O)c3)co1)CC2. The molecule has 1 aliphatic rings. The van der Waals surface area contributed by atoms with Crippen LogP contribution >= 0.6 is 0 Å². The molecule has 37 heavy (non-hydrogen) atoms. The van der Waals surface area contributed by atoms with Crippen LogP contribution in [0.5, 0.6) is 17.2 Å². The quantitative estimate of drug-likeness (QED) is 0.453. The van der Waals surface area contributed by atoms with Crippen LogP contribution in [0.15, 0.2) is 57.9 Å². The highest BCUT2D eigenvalue weighted by molar-refractivity contribution is 5.94. The van der Waals surface area contributed by atoms with E-state index in [1.807, 2.05) is 12.1 Å².